The maximum absolute atomic E-state index is 13.1. The van der Waals surface area contributed by atoms with Crippen LogP contribution in [0.4, 0.5) is 13.2 Å². The Hall–Kier alpha value is -1.74. The van der Waals surface area contributed by atoms with Gasteiger partial charge < -0.3 is 4.57 Å². The van der Waals surface area contributed by atoms with Gasteiger partial charge in [0.25, 0.3) is 0 Å². The normalized spacial score (nSPS) is 16.9. The second-order valence-electron chi connectivity index (χ2n) is 8.01. The van der Waals surface area contributed by atoms with Crippen LogP contribution in [-0.2, 0) is 30.4 Å². The minimum absolute atomic E-state index is 0.238. The quantitative estimate of drug-likeness (QED) is 0.476. The highest BCUT2D eigenvalue weighted by Gasteiger charge is 2.34. The molecule has 4 rings (SSSR count). The van der Waals surface area contributed by atoms with Crippen molar-refractivity contribution in [2.45, 2.75) is 51.1 Å². The summed E-state index contributed by atoms with van der Waals surface area (Å²) >= 11 is 1.58. The lowest BCUT2D eigenvalue weighted by atomic mass is 10.00. The van der Waals surface area contributed by atoms with Crippen molar-refractivity contribution in [3.05, 3.63) is 28.4 Å². The van der Waals surface area contributed by atoms with Crippen LogP contribution in [0.15, 0.2) is 17.2 Å². The zero-order valence-electron chi connectivity index (χ0n) is 17.3. The minimum Gasteiger partial charge on any atom is -0.325 e. The van der Waals surface area contributed by atoms with E-state index in [4.69, 9.17) is 0 Å². The van der Waals surface area contributed by atoms with Crippen molar-refractivity contribution >= 4 is 33.2 Å². The number of thiophene rings is 1. The van der Waals surface area contributed by atoms with Crippen molar-refractivity contribution in [1.82, 2.24) is 14.5 Å². The van der Waals surface area contributed by atoms with Crippen molar-refractivity contribution < 1.29 is 17.4 Å². The van der Waals surface area contributed by atoms with Crippen LogP contribution in [0.5, 0.6) is 0 Å². The fourth-order valence-electron chi connectivity index (χ4n) is 3.87. The van der Waals surface area contributed by atoms with Crippen LogP contribution >= 0.6 is 11.3 Å². The van der Waals surface area contributed by atoms with E-state index in [0.717, 1.165) is 33.7 Å². The lowest BCUT2D eigenvalue weighted by Crippen LogP contribution is -2.07. The van der Waals surface area contributed by atoms with Gasteiger partial charge in [0, 0.05) is 17.7 Å². The van der Waals surface area contributed by atoms with Crippen molar-refractivity contribution in [1.29, 1.82) is 0 Å². The minimum atomic E-state index is -4.52. The summed E-state index contributed by atoms with van der Waals surface area (Å²) in [4.78, 5) is 10.8. The molecule has 0 aliphatic heterocycles. The van der Waals surface area contributed by atoms with Crippen LogP contribution in [0.1, 0.15) is 42.8 Å². The molecule has 1 saturated carbocycles. The third kappa shape index (κ3) is 3.82. The number of aryl methyl sites for hydroxylation is 1. The summed E-state index contributed by atoms with van der Waals surface area (Å²) in [7, 11) is 0.574. The van der Waals surface area contributed by atoms with Gasteiger partial charge in [0.1, 0.15) is 5.69 Å². The topological polar surface area (TPSA) is 47.8 Å². The largest absolute Gasteiger partial charge is 0.433 e. The molecule has 162 valence electrons. The third-order valence-electron chi connectivity index (χ3n) is 5.88. The number of aromatic nitrogens is 3. The van der Waals surface area contributed by atoms with Crippen LogP contribution in [0.2, 0.25) is 0 Å². The third-order valence-corrected chi connectivity index (χ3v) is 8.80. The highest BCUT2D eigenvalue weighted by atomic mass is 32.2. The summed E-state index contributed by atoms with van der Waals surface area (Å²) in [6.07, 6.45) is 0.157. The Kier molecular flexibility index (Phi) is 5.55. The number of hydrogen-bond donors (Lipinski definition) is 0. The summed E-state index contributed by atoms with van der Waals surface area (Å²) < 4.78 is 53.9. The van der Waals surface area contributed by atoms with Gasteiger partial charge >= 0.3 is 6.18 Å². The molecule has 0 spiro atoms. The summed E-state index contributed by atoms with van der Waals surface area (Å²) in [6.45, 7) is 6.13. The molecule has 0 amide bonds. The molecule has 0 N–H and O–H groups in total. The molecule has 2 unspecified atom stereocenters. The second-order valence-corrected chi connectivity index (χ2v) is 10.8. The standard InChI is InChI=1S/C21H24F3N3OS2/c1-5-30(28)19-12(3)16(8-11(2)13-6-7-13)29-18(19)20-26-14-9-17(21(22,23)24)25-10-15(14)27(20)4/h9-11,13H,5-8H2,1-4H3. The van der Waals surface area contributed by atoms with E-state index in [2.05, 4.69) is 16.9 Å². The lowest BCUT2D eigenvalue weighted by Gasteiger charge is -2.09. The SMILES string of the molecule is CCS(=O)c1c(-c2nc3cc(C(F)(F)F)ncc3n2C)sc(CC(C)C2CC2)c1C. The van der Waals surface area contributed by atoms with Crippen LogP contribution in [0.3, 0.4) is 0 Å². The molecule has 0 saturated heterocycles. The van der Waals surface area contributed by atoms with Crippen molar-refractivity contribution in [2.75, 3.05) is 5.75 Å². The molecule has 3 heterocycles. The van der Waals surface area contributed by atoms with E-state index in [1.807, 2.05) is 13.8 Å². The first-order valence-corrected chi connectivity index (χ1v) is 12.2. The number of hydrogen-bond acceptors (Lipinski definition) is 4. The predicted molar refractivity (Wildman–Crippen MR) is 114 cm³/mol. The molecule has 3 aromatic rings. The first kappa shape index (κ1) is 21.5. The number of nitrogens with zero attached hydrogens (tertiary/aromatic N) is 3. The first-order valence-electron chi connectivity index (χ1n) is 10.0. The van der Waals surface area contributed by atoms with Crippen molar-refractivity contribution in [3.8, 4) is 10.7 Å². The zero-order chi connectivity index (χ0) is 21.8. The van der Waals surface area contributed by atoms with Gasteiger partial charge in [-0.05, 0) is 49.7 Å². The lowest BCUT2D eigenvalue weighted by molar-refractivity contribution is -0.141. The summed E-state index contributed by atoms with van der Waals surface area (Å²) in [5, 5.41) is 0. The van der Waals surface area contributed by atoms with Gasteiger partial charge in [0.15, 0.2) is 5.82 Å². The maximum Gasteiger partial charge on any atom is 0.433 e. The molecule has 1 fully saturated rings. The number of rotatable bonds is 6. The monoisotopic (exact) mass is 455 g/mol. The van der Waals surface area contributed by atoms with E-state index in [0.29, 0.717) is 23.0 Å². The Morgan fingerprint density at radius 2 is 2.07 bits per heavy atom. The summed E-state index contributed by atoms with van der Waals surface area (Å²) in [6, 6.07) is 0.978. The Morgan fingerprint density at radius 3 is 2.67 bits per heavy atom. The molecule has 30 heavy (non-hydrogen) atoms. The molecule has 0 radical (unpaired) electrons. The van der Waals surface area contributed by atoms with Gasteiger partial charge in [-0.3, -0.25) is 4.21 Å². The number of alkyl halides is 3. The van der Waals surface area contributed by atoms with Crippen LogP contribution < -0.4 is 0 Å². The average Bonchev–Trinajstić information content (AvgIpc) is 3.43. The highest BCUT2D eigenvalue weighted by Crippen LogP contribution is 2.44. The average molecular weight is 456 g/mol. The van der Waals surface area contributed by atoms with Gasteiger partial charge in [0.2, 0.25) is 0 Å². The first-order chi connectivity index (χ1) is 14.1. The summed E-state index contributed by atoms with van der Waals surface area (Å²) in [5.74, 6) is 2.35. The maximum atomic E-state index is 13.1. The fourth-order valence-corrected chi connectivity index (χ4v) is 6.76. The molecule has 0 bridgehead atoms. The van der Waals surface area contributed by atoms with Gasteiger partial charge in [-0.1, -0.05) is 13.8 Å². The zero-order valence-corrected chi connectivity index (χ0v) is 19.0. The number of imidazole rings is 1. The van der Waals surface area contributed by atoms with Crippen molar-refractivity contribution in [2.24, 2.45) is 18.9 Å². The molecule has 0 aromatic carbocycles. The molecule has 9 heteroatoms. The van der Waals surface area contributed by atoms with E-state index < -0.39 is 22.7 Å². The molecular formula is C21H24F3N3OS2. The van der Waals surface area contributed by atoms with Crippen LogP contribution in [0, 0.1) is 18.8 Å². The molecule has 3 aromatic heterocycles. The number of halogens is 3. The van der Waals surface area contributed by atoms with E-state index >= 15 is 0 Å². The number of fused-ring (bicyclic) bond motifs is 1. The Bertz CT molecular complexity index is 1130. The second kappa shape index (κ2) is 7.75. The van der Waals surface area contributed by atoms with Gasteiger partial charge in [-0.15, -0.1) is 11.3 Å². The van der Waals surface area contributed by atoms with Gasteiger partial charge in [0.05, 0.1) is 37.8 Å². The van der Waals surface area contributed by atoms with Crippen LogP contribution in [0.25, 0.3) is 21.7 Å². The Balaban J connectivity index is 1.85. The Morgan fingerprint density at radius 1 is 1.37 bits per heavy atom. The van der Waals surface area contributed by atoms with E-state index in [1.54, 1.807) is 23.0 Å². The molecule has 1 aliphatic rings. The predicted octanol–water partition coefficient (Wildman–Crippen LogP) is 5.74. The van der Waals surface area contributed by atoms with Gasteiger partial charge in [-0.2, -0.15) is 13.2 Å². The fraction of sp³-hybridized carbons (Fsp3) is 0.524. The molecule has 2 atom stereocenters. The van der Waals surface area contributed by atoms with Crippen molar-refractivity contribution in [3.63, 3.8) is 0 Å². The van der Waals surface area contributed by atoms with E-state index in [-0.39, 0.29) is 5.52 Å². The van der Waals surface area contributed by atoms with E-state index in [1.165, 1.54) is 23.9 Å². The highest BCUT2D eigenvalue weighted by molar-refractivity contribution is 7.85. The number of pyridine rings is 1. The molecule has 1 aliphatic carbocycles. The molecule has 4 nitrogen and oxygen atoms in total. The smallest absolute Gasteiger partial charge is 0.325 e. The van der Waals surface area contributed by atoms with Gasteiger partial charge in [-0.25, -0.2) is 9.97 Å². The Labute approximate surface area is 180 Å². The summed E-state index contributed by atoms with van der Waals surface area (Å²) in [5.41, 5.74) is 0.828. The van der Waals surface area contributed by atoms with E-state index in [9.17, 15) is 17.4 Å². The van der Waals surface area contributed by atoms with Crippen LogP contribution in [-0.4, -0.2) is 24.5 Å². The molecular weight excluding hydrogens is 431 g/mol.